The number of benzene rings is 1. The molecule has 1 aromatic carbocycles. The molecular formula is C21H22N4O4S. The lowest BCUT2D eigenvalue weighted by Gasteiger charge is -2.35. The number of likely N-dealkylation sites (N-methyl/N-ethyl adjacent to an activating group) is 2. The van der Waals surface area contributed by atoms with Gasteiger partial charge in [0.15, 0.2) is 5.69 Å². The molecule has 0 saturated carbocycles. The molecule has 30 heavy (non-hydrogen) atoms. The summed E-state index contributed by atoms with van der Waals surface area (Å²) in [6.45, 7) is 1.68. The monoisotopic (exact) mass is 426 g/mol. The van der Waals surface area contributed by atoms with Crippen molar-refractivity contribution in [1.29, 1.82) is 0 Å². The molecule has 0 spiro atoms. The van der Waals surface area contributed by atoms with Gasteiger partial charge in [0.2, 0.25) is 5.60 Å². The molecule has 1 atom stereocenters. The Balaban J connectivity index is 1.64. The highest BCUT2D eigenvalue weighted by atomic mass is 32.1. The largest absolute Gasteiger partial charge is 0.377 e. The molecule has 0 radical (unpaired) electrons. The zero-order valence-electron chi connectivity index (χ0n) is 16.7. The molecular weight excluding hydrogens is 404 g/mol. The fourth-order valence-corrected chi connectivity index (χ4v) is 4.42. The summed E-state index contributed by atoms with van der Waals surface area (Å²) in [4.78, 5) is 31.9. The van der Waals surface area contributed by atoms with Crippen molar-refractivity contribution in [2.24, 2.45) is 5.73 Å². The summed E-state index contributed by atoms with van der Waals surface area (Å²) in [5, 5.41) is 11.8. The number of carbonyl (C=O) groups is 2. The summed E-state index contributed by atoms with van der Waals surface area (Å²) < 4.78 is 5.24. The van der Waals surface area contributed by atoms with Gasteiger partial charge in [-0.3, -0.25) is 9.59 Å². The first-order valence-corrected chi connectivity index (χ1v) is 10.3. The molecule has 8 nitrogen and oxygen atoms in total. The third-order valence-electron chi connectivity index (χ3n) is 5.36. The van der Waals surface area contributed by atoms with Crippen LogP contribution in [-0.2, 0) is 9.53 Å². The molecule has 2 amide bonds. The SMILES string of the molecule is CN1CC[C@@](O)(C#Cc2cccc(-c3nc(C(N)=O)c(N(C)C4COC4)s3)c2)C1=O. The smallest absolute Gasteiger partial charge is 0.270 e. The first kappa shape index (κ1) is 20.3. The molecule has 0 aliphatic carbocycles. The van der Waals surface area contributed by atoms with E-state index in [1.165, 1.54) is 16.2 Å². The Morgan fingerprint density at radius 1 is 1.47 bits per heavy atom. The fraction of sp³-hybridized carbons (Fsp3) is 0.381. The normalized spacial score (nSPS) is 21.2. The van der Waals surface area contributed by atoms with Gasteiger partial charge < -0.3 is 25.4 Å². The molecule has 2 aliphatic rings. The number of hydrogen-bond acceptors (Lipinski definition) is 7. The van der Waals surface area contributed by atoms with Crippen LogP contribution in [-0.4, -0.2) is 72.3 Å². The highest BCUT2D eigenvalue weighted by Crippen LogP contribution is 2.36. The molecule has 1 aromatic heterocycles. The maximum absolute atomic E-state index is 12.1. The van der Waals surface area contributed by atoms with E-state index in [2.05, 4.69) is 16.8 Å². The van der Waals surface area contributed by atoms with Gasteiger partial charge in [0.25, 0.3) is 11.8 Å². The second-order valence-corrected chi connectivity index (χ2v) is 8.48. The minimum atomic E-state index is -1.65. The van der Waals surface area contributed by atoms with Crippen LogP contribution in [0.3, 0.4) is 0 Å². The highest BCUT2D eigenvalue weighted by Gasteiger charge is 2.42. The van der Waals surface area contributed by atoms with Gasteiger partial charge >= 0.3 is 0 Å². The van der Waals surface area contributed by atoms with E-state index in [-0.39, 0.29) is 24.1 Å². The Hall–Kier alpha value is -2.93. The van der Waals surface area contributed by atoms with E-state index < -0.39 is 11.5 Å². The first-order chi connectivity index (χ1) is 14.3. The Bertz CT molecular complexity index is 1070. The van der Waals surface area contributed by atoms with Crippen LogP contribution in [0.4, 0.5) is 5.00 Å². The fourth-order valence-electron chi connectivity index (χ4n) is 3.32. The second-order valence-electron chi connectivity index (χ2n) is 7.51. The average molecular weight is 426 g/mol. The van der Waals surface area contributed by atoms with Gasteiger partial charge in [-0.05, 0) is 12.1 Å². The average Bonchev–Trinajstić information content (AvgIpc) is 3.24. The molecule has 2 saturated heterocycles. The quantitative estimate of drug-likeness (QED) is 0.697. The molecule has 2 fully saturated rings. The van der Waals surface area contributed by atoms with Crippen LogP contribution in [0.5, 0.6) is 0 Å². The zero-order valence-corrected chi connectivity index (χ0v) is 17.5. The molecule has 3 heterocycles. The lowest BCUT2D eigenvalue weighted by Crippen LogP contribution is -2.47. The standard InChI is InChI=1S/C21H22N4O4S/c1-24-9-8-21(28,20(24)27)7-6-13-4-3-5-14(10-13)18-23-16(17(22)26)19(30-18)25(2)15-11-29-12-15/h3-5,10,15,28H,8-9,11-12H2,1-2H3,(H2,22,26)/t21-/m0/s1. The van der Waals surface area contributed by atoms with E-state index in [0.29, 0.717) is 35.3 Å². The number of anilines is 1. The maximum Gasteiger partial charge on any atom is 0.270 e. The number of carbonyl (C=O) groups excluding carboxylic acids is 2. The summed E-state index contributed by atoms with van der Waals surface area (Å²) in [6.07, 6.45) is 0.282. The molecule has 4 rings (SSSR count). The van der Waals surface area contributed by atoms with Gasteiger partial charge in [0.05, 0.1) is 19.3 Å². The molecule has 0 unspecified atom stereocenters. The molecule has 0 bridgehead atoms. The van der Waals surface area contributed by atoms with Crippen molar-refractivity contribution in [2.75, 3.05) is 38.8 Å². The Kier molecular flexibility index (Phi) is 5.24. The predicted octanol–water partition coefficient (Wildman–Crippen LogP) is 0.689. The third-order valence-corrected chi connectivity index (χ3v) is 6.56. The molecule has 156 valence electrons. The van der Waals surface area contributed by atoms with Gasteiger partial charge in [-0.25, -0.2) is 4.98 Å². The molecule has 2 aromatic rings. The summed E-state index contributed by atoms with van der Waals surface area (Å²) in [6, 6.07) is 7.50. The Labute approximate surface area is 178 Å². The summed E-state index contributed by atoms with van der Waals surface area (Å²) >= 11 is 1.38. The van der Waals surface area contributed by atoms with Crippen molar-refractivity contribution in [2.45, 2.75) is 18.1 Å². The van der Waals surface area contributed by atoms with Crippen LogP contribution in [0.1, 0.15) is 22.5 Å². The van der Waals surface area contributed by atoms with E-state index in [9.17, 15) is 14.7 Å². The maximum atomic E-state index is 12.1. The van der Waals surface area contributed by atoms with Gasteiger partial charge in [-0.2, -0.15) is 0 Å². The number of aromatic nitrogens is 1. The van der Waals surface area contributed by atoms with Gasteiger partial charge in [0, 0.05) is 38.2 Å². The number of rotatable bonds is 4. The number of amides is 2. The lowest BCUT2D eigenvalue weighted by molar-refractivity contribution is -0.137. The number of ether oxygens (including phenoxy) is 1. The van der Waals surface area contributed by atoms with Gasteiger partial charge in [-0.1, -0.05) is 35.3 Å². The number of hydrogen-bond donors (Lipinski definition) is 2. The van der Waals surface area contributed by atoms with E-state index in [0.717, 1.165) is 5.56 Å². The van der Waals surface area contributed by atoms with Gasteiger partial charge in [0.1, 0.15) is 10.0 Å². The minimum Gasteiger partial charge on any atom is -0.377 e. The Morgan fingerprint density at radius 2 is 2.23 bits per heavy atom. The van der Waals surface area contributed by atoms with Crippen LogP contribution in [0.25, 0.3) is 10.6 Å². The van der Waals surface area contributed by atoms with E-state index in [4.69, 9.17) is 10.5 Å². The Morgan fingerprint density at radius 3 is 2.83 bits per heavy atom. The van der Waals surface area contributed by atoms with Crippen LogP contribution in [0.15, 0.2) is 24.3 Å². The summed E-state index contributed by atoms with van der Waals surface area (Å²) in [5.74, 6) is 4.65. The third kappa shape index (κ3) is 3.65. The van der Waals surface area contributed by atoms with E-state index in [1.807, 2.05) is 30.1 Å². The minimum absolute atomic E-state index is 0.191. The van der Waals surface area contributed by atoms with Crippen molar-refractivity contribution in [3.8, 4) is 22.4 Å². The van der Waals surface area contributed by atoms with Crippen LogP contribution in [0, 0.1) is 11.8 Å². The molecule has 9 heteroatoms. The number of likely N-dealkylation sites (tertiary alicyclic amines) is 1. The lowest BCUT2D eigenvalue weighted by atomic mass is 10.0. The van der Waals surface area contributed by atoms with Crippen molar-refractivity contribution in [3.05, 3.63) is 35.5 Å². The van der Waals surface area contributed by atoms with E-state index >= 15 is 0 Å². The predicted molar refractivity (Wildman–Crippen MR) is 113 cm³/mol. The van der Waals surface area contributed by atoms with Crippen molar-refractivity contribution >= 4 is 28.2 Å². The van der Waals surface area contributed by atoms with Gasteiger partial charge in [-0.15, -0.1) is 0 Å². The first-order valence-electron chi connectivity index (χ1n) is 9.51. The van der Waals surface area contributed by atoms with Crippen molar-refractivity contribution in [3.63, 3.8) is 0 Å². The zero-order chi connectivity index (χ0) is 21.5. The van der Waals surface area contributed by atoms with Crippen LogP contribution in [0.2, 0.25) is 0 Å². The van der Waals surface area contributed by atoms with Crippen molar-refractivity contribution in [1.82, 2.24) is 9.88 Å². The number of primary amides is 1. The highest BCUT2D eigenvalue weighted by molar-refractivity contribution is 7.19. The number of nitrogens with zero attached hydrogens (tertiary/aromatic N) is 3. The number of aliphatic hydroxyl groups is 1. The van der Waals surface area contributed by atoms with Crippen LogP contribution >= 0.6 is 11.3 Å². The molecule has 2 aliphatic heterocycles. The van der Waals surface area contributed by atoms with Crippen molar-refractivity contribution < 1.29 is 19.4 Å². The number of nitrogens with two attached hydrogens (primary N) is 1. The summed E-state index contributed by atoms with van der Waals surface area (Å²) in [7, 11) is 3.54. The topological polar surface area (TPSA) is 109 Å². The molecule has 3 N–H and O–H groups in total. The van der Waals surface area contributed by atoms with Crippen LogP contribution < -0.4 is 10.6 Å². The summed E-state index contributed by atoms with van der Waals surface area (Å²) in [5.41, 5.74) is 5.55. The van der Waals surface area contributed by atoms with E-state index in [1.54, 1.807) is 13.1 Å². The second kappa shape index (κ2) is 7.72. The number of thiazole rings is 1.